The van der Waals surface area contributed by atoms with Gasteiger partial charge in [-0.05, 0) is 55.9 Å². The number of fused-ring (bicyclic) bond motifs is 1. The summed E-state index contributed by atoms with van der Waals surface area (Å²) in [5, 5.41) is 4.05. The van der Waals surface area contributed by atoms with E-state index in [-0.39, 0.29) is 17.5 Å². The molecule has 0 aliphatic carbocycles. The summed E-state index contributed by atoms with van der Waals surface area (Å²) in [6.07, 6.45) is 6.21. The Labute approximate surface area is 229 Å². The molecule has 2 aromatic carbocycles. The molecule has 5 rings (SSSR count). The SMILES string of the molecule is COc1cccc(-c2cc(C(=O)N3CCC4(CCCCCc5ccccc5OCCN(C)C4=O)CC3)no2)c1. The molecule has 0 saturated carbocycles. The number of likely N-dealkylation sites (N-methyl/N-ethyl adjacent to an activating group) is 1. The number of carbonyl (C=O) groups is 2. The number of piperidine rings is 1. The summed E-state index contributed by atoms with van der Waals surface area (Å²) in [4.78, 5) is 30.7. The highest BCUT2D eigenvalue weighted by Crippen LogP contribution is 2.39. The number of nitrogens with zero attached hydrogens (tertiary/aromatic N) is 3. The van der Waals surface area contributed by atoms with Crippen LogP contribution in [0.2, 0.25) is 0 Å². The third kappa shape index (κ3) is 5.95. The Morgan fingerprint density at radius 2 is 1.79 bits per heavy atom. The summed E-state index contributed by atoms with van der Waals surface area (Å²) < 4.78 is 16.8. The van der Waals surface area contributed by atoms with Crippen LogP contribution in [0.1, 0.15) is 54.6 Å². The van der Waals surface area contributed by atoms with E-state index in [1.807, 2.05) is 48.3 Å². The van der Waals surface area contributed by atoms with Crippen LogP contribution in [0.25, 0.3) is 11.3 Å². The van der Waals surface area contributed by atoms with E-state index in [4.69, 9.17) is 14.0 Å². The van der Waals surface area contributed by atoms with Gasteiger partial charge in [0.2, 0.25) is 5.91 Å². The number of para-hydroxylation sites is 1. The molecule has 3 aromatic rings. The first-order chi connectivity index (χ1) is 19.0. The van der Waals surface area contributed by atoms with Crippen LogP contribution < -0.4 is 9.47 Å². The first-order valence-electron chi connectivity index (χ1n) is 13.9. The average Bonchev–Trinajstić information content (AvgIpc) is 3.47. The summed E-state index contributed by atoms with van der Waals surface area (Å²) in [7, 11) is 3.47. The lowest BCUT2D eigenvalue weighted by Crippen LogP contribution is -2.51. The molecule has 1 aromatic heterocycles. The monoisotopic (exact) mass is 531 g/mol. The fourth-order valence-corrected chi connectivity index (χ4v) is 5.76. The molecule has 8 heteroatoms. The van der Waals surface area contributed by atoms with Gasteiger partial charge in [-0.1, -0.05) is 48.3 Å². The maximum absolute atomic E-state index is 13.8. The van der Waals surface area contributed by atoms with Gasteiger partial charge in [0.25, 0.3) is 5.91 Å². The number of hydrogen-bond donors (Lipinski definition) is 0. The second kappa shape index (κ2) is 11.9. The Morgan fingerprint density at radius 3 is 2.62 bits per heavy atom. The van der Waals surface area contributed by atoms with Gasteiger partial charge in [0.1, 0.15) is 18.1 Å². The van der Waals surface area contributed by atoms with Gasteiger partial charge in [0.05, 0.1) is 19.1 Å². The Bertz CT molecular complexity index is 1290. The fraction of sp³-hybridized carbons (Fsp3) is 0.452. The van der Waals surface area contributed by atoms with Gasteiger partial charge >= 0.3 is 0 Å². The highest BCUT2D eigenvalue weighted by Gasteiger charge is 2.43. The van der Waals surface area contributed by atoms with Crippen molar-refractivity contribution in [1.82, 2.24) is 15.0 Å². The molecular weight excluding hydrogens is 494 g/mol. The number of rotatable bonds is 3. The highest BCUT2D eigenvalue weighted by atomic mass is 16.5. The Balaban J connectivity index is 1.24. The molecule has 0 bridgehead atoms. The van der Waals surface area contributed by atoms with E-state index in [2.05, 4.69) is 17.3 Å². The van der Waals surface area contributed by atoms with Crippen molar-refractivity contribution in [3.05, 3.63) is 65.9 Å². The van der Waals surface area contributed by atoms with E-state index in [1.165, 1.54) is 5.56 Å². The van der Waals surface area contributed by atoms with Gasteiger partial charge in [0, 0.05) is 31.8 Å². The maximum atomic E-state index is 13.8. The van der Waals surface area contributed by atoms with Crippen molar-refractivity contribution in [2.75, 3.05) is 40.4 Å². The zero-order valence-corrected chi connectivity index (χ0v) is 22.9. The summed E-state index contributed by atoms with van der Waals surface area (Å²) in [6.45, 7) is 2.02. The molecule has 3 heterocycles. The number of aryl methyl sites for hydroxylation is 1. The fourth-order valence-electron chi connectivity index (χ4n) is 5.76. The van der Waals surface area contributed by atoms with Crippen LogP contribution in [-0.2, 0) is 11.2 Å². The molecule has 0 atom stereocenters. The Hall–Kier alpha value is -3.81. The molecule has 2 aliphatic rings. The molecular formula is C31H37N3O5. The lowest BCUT2D eigenvalue weighted by atomic mass is 9.73. The van der Waals surface area contributed by atoms with E-state index in [1.54, 1.807) is 18.1 Å². The first kappa shape index (κ1) is 26.8. The van der Waals surface area contributed by atoms with Crippen molar-refractivity contribution in [2.45, 2.75) is 44.9 Å². The number of amides is 2. The topological polar surface area (TPSA) is 85.1 Å². The van der Waals surface area contributed by atoms with Crippen molar-refractivity contribution in [3.63, 3.8) is 0 Å². The molecule has 206 valence electrons. The highest BCUT2D eigenvalue weighted by molar-refractivity contribution is 5.93. The Morgan fingerprint density at radius 1 is 0.974 bits per heavy atom. The molecule has 1 fully saturated rings. The normalized spacial score (nSPS) is 18.4. The summed E-state index contributed by atoms with van der Waals surface area (Å²) in [5.74, 6) is 2.13. The number of hydrogen-bond acceptors (Lipinski definition) is 6. The second-order valence-electron chi connectivity index (χ2n) is 10.6. The lowest BCUT2D eigenvalue weighted by molar-refractivity contribution is -0.144. The van der Waals surface area contributed by atoms with Crippen molar-refractivity contribution in [1.29, 1.82) is 0 Å². The number of likely N-dealkylation sites (tertiary alicyclic amines) is 1. The molecule has 2 aliphatic heterocycles. The van der Waals surface area contributed by atoms with Crippen LogP contribution in [0, 0.1) is 5.41 Å². The second-order valence-corrected chi connectivity index (χ2v) is 10.6. The van der Waals surface area contributed by atoms with Crippen LogP contribution in [-0.4, -0.2) is 67.2 Å². The van der Waals surface area contributed by atoms with Crippen molar-refractivity contribution in [3.8, 4) is 22.8 Å². The maximum Gasteiger partial charge on any atom is 0.276 e. The molecule has 1 saturated heterocycles. The van der Waals surface area contributed by atoms with Crippen molar-refractivity contribution < 1.29 is 23.6 Å². The van der Waals surface area contributed by atoms with Gasteiger partial charge in [-0.15, -0.1) is 0 Å². The molecule has 0 radical (unpaired) electrons. The smallest absolute Gasteiger partial charge is 0.276 e. The van der Waals surface area contributed by atoms with Crippen LogP contribution >= 0.6 is 0 Å². The minimum Gasteiger partial charge on any atom is -0.497 e. The third-order valence-corrected chi connectivity index (χ3v) is 8.15. The molecule has 0 N–H and O–H groups in total. The predicted octanol–water partition coefficient (Wildman–Crippen LogP) is 5.23. The van der Waals surface area contributed by atoms with Crippen molar-refractivity contribution >= 4 is 11.8 Å². The van der Waals surface area contributed by atoms with Crippen molar-refractivity contribution in [2.24, 2.45) is 5.41 Å². The number of benzene rings is 2. The summed E-state index contributed by atoms with van der Waals surface area (Å²) >= 11 is 0. The first-order valence-corrected chi connectivity index (χ1v) is 13.9. The standard InChI is InChI=1S/C31H37N3O5/c1-33-19-20-38-27-13-6-5-10-23(27)9-4-3-7-14-31(30(33)36)15-17-34(18-16-31)29(35)26-22-28(39-32-26)24-11-8-12-25(21-24)37-2/h5-6,8,10-13,21-22H,3-4,7,9,14-20H2,1-2H3. The minimum atomic E-state index is -0.456. The van der Waals surface area contributed by atoms with Crippen LogP contribution in [0.4, 0.5) is 0 Å². The summed E-state index contributed by atoms with van der Waals surface area (Å²) in [5.41, 5.74) is 1.85. The predicted molar refractivity (Wildman–Crippen MR) is 148 cm³/mol. The van der Waals surface area contributed by atoms with Gasteiger partial charge < -0.3 is 23.8 Å². The lowest BCUT2D eigenvalue weighted by Gasteiger charge is -2.42. The summed E-state index contributed by atoms with van der Waals surface area (Å²) in [6, 6.07) is 17.3. The van der Waals surface area contributed by atoms with E-state index in [9.17, 15) is 9.59 Å². The molecule has 39 heavy (non-hydrogen) atoms. The zero-order valence-electron chi connectivity index (χ0n) is 22.9. The van der Waals surface area contributed by atoms with Crippen LogP contribution in [0.3, 0.4) is 0 Å². The molecule has 1 spiro atoms. The molecule has 2 amide bonds. The zero-order chi connectivity index (χ0) is 27.2. The number of methoxy groups -OCH3 is 1. The van der Waals surface area contributed by atoms with Gasteiger partial charge in [-0.2, -0.15) is 0 Å². The van der Waals surface area contributed by atoms with E-state index in [0.717, 1.165) is 43.4 Å². The van der Waals surface area contributed by atoms with Crippen LogP contribution in [0.5, 0.6) is 11.5 Å². The number of aromatic nitrogens is 1. The quantitative estimate of drug-likeness (QED) is 0.460. The molecule has 8 nitrogen and oxygen atoms in total. The van der Waals surface area contributed by atoms with Gasteiger partial charge in [0.15, 0.2) is 11.5 Å². The number of carbonyl (C=O) groups excluding carboxylic acids is 2. The average molecular weight is 532 g/mol. The largest absolute Gasteiger partial charge is 0.497 e. The van der Waals surface area contributed by atoms with E-state index >= 15 is 0 Å². The third-order valence-electron chi connectivity index (χ3n) is 8.15. The minimum absolute atomic E-state index is 0.160. The molecule has 0 unspecified atom stereocenters. The van der Waals surface area contributed by atoms with Gasteiger partial charge in [-0.25, -0.2) is 0 Å². The van der Waals surface area contributed by atoms with Gasteiger partial charge in [-0.3, -0.25) is 9.59 Å². The van der Waals surface area contributed by atoms with Crippen LogP contribution in [0.15, 0.2) is 59.1 Å². The Kier molecular flexibility index (Phi) is 8.19. The van der Waals surface area contributed by atoms with E-state index in [0.29, 0.717) is 50.6 Å². The van der Waals surface area contributed by atoms with E-state index < -0.39 is 5.41 Å². The number of ether oxygens (including phenoxy) is 2.